The largest absolute Gasteiger partial charge is 0.356 e. The molecule has 0 aliphatic carbocycles. The number of carbonyl (C=O) groups excluding carboxylic acids is 1. The Hall–Kier alpha value is -1.06. The summed E-state index contributed by atoms with van der Waals surface area (Å²) < 4.78 is 0. The minimum absolute atomic E-state index is 0.132. The average Bonchev–Trinajstić information content (AvgIpc) is 2.51. The van der Waals surface area contributed by atoms with Crippen LogP contribution in [0.3, 0.4) is 0 Å². The zero-order valence-corrected chi connectivity index (χ0v) is 14.2. The molecule has 4 heteroatoms. The van der Waals surface area contributed by atoms with Gasteiger partial charge >= 0.3 is 0 Å². The topological polar surface area (TPSA) is 32.3 Å². The van der Waals surface area contributed by atoms with E-state index in [1.165, 1.54) is 25.9 Å². The third kappa shape index (κ3) is 6.37. The molecule has 2 rings (SSSR count). The molecule has 0 aromatic heterocycles. The molecule has 0 unspecified atom stereocenters. The Morgan fingerprint density at radius 2 is 2.14 bits per heavy atom. The van der Waals surface area contributed by atoms with E-state index in [1.54, 1.807) is 0 Å². The van der Waals surface area contributed by atoms with E-state index in [0.29, 0.717) is 6.42 Å². The first kappa shape index (κ1) is 17.3. The lowest BCUT2D eigenvalue weighted by Gasteiger charge is -2.30. The molecule has 0 atom stereocenters. The van der Waals surface area contributed by atoms with E-state index in [4.69, 9.17) is 11.6 Å². The van der Waals surface area contributed by atoms with E-state index in [-0.39, 0.29) is 5.91 Å². The number of hydrogen-bond donors (Lipinski definition) is 1. The number of aryl methyl sites for hydroxylation is 1. The van der Waals surface area contributed by atoms with Gasteiger partial charge in [-0.1, -0.05) is 30.7 Å². The number of halogens is 1. The number of nitrogens with one attached hydrogen (secondary N) is 1. The molecular formula is C18H27ClN2O. The molecule has 1 N–H and O–H groups in total. The van der Waals surface area contributed by atoms with Gasteiger partial charge < -0.3 is 10.2 Å². The minimum Gasteiger partial charge on any atom is -0.356 e. The third-order valence-electron chi connectivity index (χ3n) is 4.38. The van der Waals surface area contributed by atoms with Gasteiger partial charge in [-0.05, 0) is 68.9 Å². The summed E-state index contributed by atoms with van der Waals surface area (Å²) in [6, 6.07) is 7.71. The van der Waals surface area contributed by atoms with Gasteiger partial charge in [0.2, 0.25) is 5.91 Å². The number of carbonyl (C=O) groups is 1. The van der Waals surface area contributed by atoms with E-state index < -0.39 is 0 Å². The maximum atomic E-state index is 11.8. The van der Waals surface area contributed by atoms with Crippen molar-refractivity contribution in [2.45, 2.75) is 39.0 Å². The van der Waals surface area contributed by atoms with Crippen molar-refractivity contribution in [1.82, 2.24) is 10.2 Å². The molecule has 3 nitrogen and oxygen atoms in total. The Labute approximate surface area is 139 Å². The molecule has 1 heterocycles. The van der Waals surface area contributed by atoms with Crippen LogP contribution in [0.1, 0.15) is 38.2 Å². The predicted molar refractivity (Wildman–Crippen MR) is 92.2 cm³/mol. The quantitative estimate of drug-likeness (QED) is 0.779. The summed E-state index contributed by atoms with van der Waals surface area (Å²) in [5, 5.41) is 3.75. The summed E-state index contributed by atoms with van der Waals surface area (Å²) in [6.45, 7) is 6.63. The molecule has 22 heavy (non-hydrogen) atoms. The van der Waals surface area contributed by atoms with E-state index in [2.05, 4.69) is 17.1 Å². The Morgan fingerprint density at radius 1 is 1.36 bits per heavy atom. The van der Waals surface area contributed by atoms with Gasteiger partial charge in [-0.3, -0.25) is 4.79 Å². The van der Waals surface area contributed by atoms with Crippen LogP contribution in [0.15, 0.2) is 24.3 Å². The second-order valence-corrected chi connectivity index (χ2v) is 6.79. The lowest BCUT2D eigenvalue weighted by atomic mass is 9.99. The maximum absolute atomic E-state index is 11.8. The van der Waals surface area contributed by atoms with E-state index in [0.717, 1.165) is 42.4 Å². The van der Waals surface area contributed by atoms with Gasteiger partial charge in [-0.2, -0.15) is 0 Å². The summed E-state index contributed by atoms with van der Waals surface area (Å²) in [5.74, 6) is 1.01. The van der Waals surface area contributed by atoms with Gasteiger partial charge in [0.05, 0.1) is 0 Å². The first-order valence-electron chi connectivity index (χ1n) is 8.37. The molecule has 1 aliphatic rings. The Balaban J connectivity index is 1.54. The van der Waals surface area contributed by atoms with Crippen molar-refractivity contribution in [3.63, 3.8) is 0 Å². The van der Waals surface area contributed by atoms with Crippen molar-refractivity contribution in [3.8, 4) is 0 Å². The van der Waals surface area contributed by atoms with Crippen molar-refractivity contribution in [2.24, 2.45) is 5.92 Å². The monoisotopic (exact) mass is 322 g/mol. The van der Waals surface area contributed by atoms with Crippen molar-refractivity contribution in [2.75, 3.05) is 26.2 Å². The minimum atomic E-state index is 0.132. The molecule has 0 radical (unpaired) electrons. The smallest absolute Gasteiger partial charge is 0.220 e. The number of nitrogens with zero attached hydrogens (tertiary/aromatic N) is 1. The average molecular weight is 323 g/mol. The van der Waals surface area contributed by atoms with Crippen LogP contribution < -0.4 is 5.32 Å². The van der Waals surface area contributed by atoms with E-state index in [1.807, 2.05) is 24.3 Å². The number of piperidine rings is 1. The molecular weight excluding hydrogens is 296 g/mol. The first-order valence-corrected chi connectivity index (χ1v) is 8.75. The van der Waals surface area contributed by atoms with Crippen molar-refractivity contribution >= 4 is 17.5 Å². The lowest BCUT2D eigenvalue weighted by molar-refractivity contribution is -0.121. The summed E-state index contributed by atoms with van der Waals surface area (Å²) in [5.41, 5.74) is 1.12. The molecule has 1 saturated heterocycles. The molecule has 1 aromatic rings. The summed E-state index contributed by atoms with van der Waals surface area (Å²) in [6.07, 6.45) is 4.94. The second-order valence-electron chi connectivity index (χ2n) is 6.36. The van der Waals surface area contributed by atoms with Gasteiger partial charge in [0.1, 0.15) is 0 Å². The van der Waals surface area contributed by atoms with Gasteiger partial charge in [0.15, 0.2) is 0 Å². The van der Waals surface area contributed by atoms with Crippen LogP contribution in [0.25, 0.3) is 0 Å². The standard InChI is InChI=1S/C18H27ClN2O/c1-15-8-12-21(13-9-15)11-3-10-20-18(22)7-6-16-4-2-5-17(19)14-16/h2,4-5,14-15H,3,6-13H2,1H3,(H,20,22). The highest BCUT2D eigenvalue weighted by Gasteiger charge is 2.14. The van der Waals surface area contributed by atoms with Gasteiger partial charge in [-0.15, -0.1) is 0 Å². The summed E-state index contributed by atoms with van der Waals surface area (Å²) >= 11 is 5.94. The summed E-state index contributed by atoms with van der Waals surface area (Å²) in [7, 11) is 0. The highest BCUT2D eigenvalue weighted by atomic mass is 35.5. The zero-order chi connectivity index (χ0) is 15.8. The van der Waals surface area contributed by atoms with Crippen molar-refractivity contribution < 1.29 is 4.79 Å². The fourth-order valence-electron chi connectivity index (χ4n) is 2.85. The molecule has 122 valence electrons. The Bertz CT molecular complexity index is 470. The number of hydrogen-bond acceptors (Lipinski definition) is 2. The molecule has 1 aliphatic heterocycles. The van der Waals surface area contributed by atoms with Crippen LogP contribution in [0.2, 0.25) is 5.02 Å². The molecule has 0 spiro atoms. The molecule has 1 fully saturated rings. The predicted octanol–water partition coefficient (Wildman–Crippen LogP) is 3.51. The van der Waals surface area contributed by atoms with Gasteiger partial charge in [-0.25, -0.2) is 0 Å². The highest BCUT2D eigenvalue weighted by Crippen LogP contribution is 2.15. The normalized spacial score (nSPS) is 16.6. The Kier molecular flexibility index (Phi) is 7.20. The van der Waals surface area contributed by atoms with Crippen molar-refractivity contribution in [1.29, 1.82) is 0 Å². The molecule has 0 bridgehead atoms. The van der Waals surface area contributed by atoms with Crippen LogP contribution in [-0.2, 0) is 11.2 Å². The molecule has 1 amide bonds. The van der Waals surface area contributed by atoms with Crippen molar-refractivity contribution in [3.05, 3.63) is 34.9 Å². The molecule has 1 aromatic carbocycles. The van der Waals surface area contributed by atoms with Crippen LogP contribution >= 0.6 is 11.6 Å². The van der Waals surface area contributed by atoms with Crippen LogP contribution in [-0.4, -0.2) is 37.0 Å². The number of likely N-dealkylation sites (tertiary alicyclic amines) is 1. The van der Waals surface area contributed by atoms with E-state index >= 15 is 0 Å². The van der Waals surface area contributed by atoms with Crippen LogP contribution in [0.5, 0.6) is 0 Å². The lowest BCUT2D eigenvalue weighted by Crippen LogP contribution is -2.35. The zero-order valence-electron chi connectivity index (χ0n) is 13.5. The van der Waals surface area contributed by atoms with Crippen LogP contribution in [0.4, 0.5) is 0 Å². The van der Waals surface area contributed by atoms with Crippen LogP contribution in [0, 0.1) is 5.92 Å². The van der Waals surface area contributed by atoms with Gasteiger partial charge in [0, 0.05) is 18.0 Å². The second kappa shape index (κ2) is 9.16. The fraction of sp³-hybridized carbons (Fsp3) is 0.611. The Morgan fingerprint density at radius 3 is 2.86 bits per heavy atom. The fourth-order valence-corrected chi connectivity index (χ4v) is 3.07. The van der Waals surface area contributed by atoms with E-state index in [9.17, 15) is 4.79 Å². The molecule has 0 saturated carbocycles. The van der Waals surface area contributed by atoms with Gasteiger partial charge in [0.25, 0.3) is 0 Å². The highest BCUT2D eigenvalue weighted by molar-refractivity contribution is 6.30. The maximum Gasteiger partial charge on any atom is 0.220 e. The summed E-state index contributed by atoms with van der Waals surface area (Å²) in [4.78, 5) is 14.3. The number of amides is 1. The number of rotatable bonds is 7. The number of benzene rings is 1. The SMILES string of the molecule is CC1CCN(CCCNC(=O)CCc2cccc(Cl)c2)CC1. The first-order chi connectivity index (χ1) is 10.6. The third-order valence-corrected chi connectivity index (χ3v) is 4.61.